The molecule has 10 nitrogen and oxygen atoms in total. The summed E-state index contributed by atoms with van der Waals surface area (Å²) in [5, 5.41) is 25.0. The molecule has 188 valence electrons. The van der Waals surface area contributed by atoms with Gasteiger partial charge in [0.1, 0.15) is 23.7 Å². The number of aromatic nitrogens is 4. The minimum absolute atomic E-state index is 0.0591. The molecule has 0 aliphatic carbocycles. The molecule has 1 aliphatic heterocycles. The molecule has 2 aromatic heterocycles. The van der Waals surface area contributed by atoms with Crippen LogP contribution >= 0.6 is 0 Å². The Labute approximate surface area is 204 Å². The van der Waals surface area contributed by atoms with Crippen LogP contribution in [0.5, 0.6) is 5.75 Å². The van der Waals surface area contributed by atoms with E-state index in [4.69, 9.17) is 9.84 Å². The highest BCUT2D eigenvalue weighted by molar-refractivity contribution is 5.76. The lowest BCUT2D eigenvalue weighted by atomic mass is 10.0. The van der Waals surface area contributed by atoms with Gasteiger partial charge in [0.2, 0.25) is 5.91 Å². The third-order valence-corrected chi connectivity index (χ3v) is 5.53. The molecule has 3 heterocycles. The van der Waals surface area contributed by atoms with Gasteiger partial charge in [-0.1, -0.05) is 0 Å². The van der Waals surface area contributed by atoms with E-state index in [2.05, 4.69) is 20.4 Å². The Bertz CT molecular complexity index is 1260. The lowest BCUT2D eigenvalue weighted by Gasteiger charge is -2.34. The first kappa shape index (κ1) is 24.9. The number of rotatable bonds is 8. The number of nitriles is 1. The van der Waals surface area contributed by atoms with Gasteiger partial charge in [0.25, 0.3) is 0 Å². The van der Waals surface area contributed by atoms with E-state index in [1.165, 1.54) is 29.4 Å². The maximum Gasteiger partial charge on any atom is 0.333 e. The molecule has 0 unspecified atom stereocenters. The Hall–Kier alpha value is -4.18. The molecular formula is C23H22F3N7O3. The summed E-state index contributed by atoms with van der Waals surface area (Å²) in [4.78, 5) is 21.8. The van der Waals surface area contributed by atoms with Crippen LogP contribution in [0.4, 0.5) is 24.7 Å². The predicted octanol–water partition coefficient (Wildman–Crippen LogP) is 3.05. The Morgan fingerprint density at radius 1 is 1.36 bits per heavy atom. The zero-order valence-electron chi connectivity index (χ0n) is 18.9. The van der Waals surface area contributed by atoms with Crippen molar-refractivity contribution in [3.05, 3.63) is 48.4 Å². The van der Waals surface area contributed by atoms with Crippen molar-refractivity contribution in [2.75, 3.05) is 25.0 Å². The molecule has 3 aromatic rings. The number of amides is 1. The van der Waals surface area contributed by atoms with Crippen molar-refractivity contribution >= 4 is 17.4 Å². The fourth-order valence-electron chi connectivity index (χ4n) is 3.74. The second-order valence-corrected chi connectivity index (χ2v) is 7.97. The fraction of sp³-hybridized carbons (Fsp3) is 0.348. The lowest BCUT2D eigenvalue weighted by Crippen LogP contribution is -2.49. The number of piperidine rings is 1. The second-order valence-electron chi connectivity index (χ2n) is 7.97. The average molecular weight is 501 g/mol. The van der Waals surface area contributed by atoms with Gasteiger partial charge < -0.3 is 20.1 Å². The zero-order chi connectivity index (χ0) is 25.7. The van der Waals surface area contributed by atoms with Crippen LogP contribution in [0.1, 0.15) is 25.0 Å². The van der Waals surface area contributed by atoms with Crippen LogP contribution in [0.2, 0.25) is 0 Å². The number of alkyl halides is 3. The molecule has 4 rings (SSSR count). The number of carbonyl (C=O) groups is 1. The molecule has 36 heavy (non-hydrogen) atoms. The summed E-state index contributed by atoms with van der Waals surface area (Å²) in [5.74, 6) is 0.469. The molecule has 1 aromatic carbocycles. The maximum absolute atomic E-state index is 14.7. The molecule has 2 atom stereocenters. The number of hydrogen-bond acceptors (Lipinski definition) is 8. The third kappa shape index (κ3) is 5.72. The molecule has 0 bridgehead atoms. The van der Waals surface area contributed by atoms with Gasteiger partial charge in [-0.15, -0.1) is 0 Å². The van der Waals surface area contributed by atoms with Crippen molar-refractivity contribution in [2.45, 2.75) is 31.7 Å². The van der Waals surface area contributed by atoms with E-state index in [0.29, 0.717) is 21.8 Å². The van der Waals surface area contributed by atoms with Gasteiger partial charge in [0, 0.05) is 31.1 Å². The van der Waals surface area contributed by atoms with E-state index in [-0.39, 0.29) is 55.6 Å². The van der Waals surface area contributed by atoms with Crippen molar-refractivity contribution in [1.29, 1.82) is 5.26 Å². The molecule has 1 saturated heterocycles. The van der Waals surface area contributed by atoms with Gasteiger partial charge >= 0.3 is 6.55 Å². The van der Waals surface area contributed by atoms with Crippen LogP contribution in [0.25, 0.3) is 11.4 Å². The normalized spacial score (nSPS) is 17.6. The number of benzene rings is 1. The molecule has 1 amide bonds. The number of aliphatic hydroxyl groups is 1. The van der Waals surface area contributed by atoms with Gasteiger partial charge in [-0.2, -0.15) is 19.1 Å². The Kier molecular flexibility index (Phi) is 7.65. The van der Waals surface area contributed by atoms with Crippen molar-refractivity contribution < 1.29 is 27.8 Å². The molecule has 1 fully saturated rings. The number of anilines is 2. The van der Waals surface area contributed by atoms with E-state index in [1.54, 1.807) is 12.1 Å². The van der Waals surface area contributed by atoms with Crippen LogP contribution in [0.3, 0.4) is 0 Å². The predicted molar refractivity (Wildman–Crippen MR) is 121 cm³/mol. The monoisotopic (exact) mass is 501 g/mol. The number of nitrogens with one attached hydrogen (secondary N) is 1. The third-order valence-electron chi connectivity index (χ3n) is 5.53. The summed E-state index contributed by atoms with van der Waals surface area (Å²) < 4.78 is 46.4. The van der Waals surface area contributed by atoms with E-state index in [1.807, 2.05) is 6.07 Å². The van der Waals surface area contributed by atoms with Crippen LogP contribution in [-0.2, 0) is 4.79 Å². The summed E-state index contributed by atoms with van der Waals surface area (Å²) >= 11 is 0. The number of halogens is 3. The highest BCUT2D eigenvalue weighted by Crippen LogP contribution is 2.29. The number of nitrogens with zero attached hydrogens (tertiary/aromatic N) is 6. The summed E-state index contributed by atoms with van der Waals surface area (Å²) in [5.41, 5.74) is 0.956. The Morgan fingerprint density at radius 3 is 2.89 bits per heavy atom. The molecule has 1 aliphatic rings. The number of aliphatic hydroxyl groups excluding tert-OH is 1. The SMILES string of the molecule is N#Cc1cc(-c2nccc(Nc3cnn(C(F)F)c3)n2)ccc1O[C@H]1CCN(C(=O)CCO)C[C@H]1F. The van der Waals surface area contributed by atoms with E-state index in [0.717, 1.165) is 6.20 Å². The smallest absolute Gasteiger partial charge is 0.333 e. The second kappa shape index (κ2) is 11.0. The van der Waals surface area contributed by atoms with E-state index < -0.39 is 18.8 Å². The molecule has 0 saturated carbocycles. The number of likely N-dealkylation sites (tertiary alicyclic amines) is 1. The highest BCUT2D eigenvalue weighted by Gasteiger charge is 2.33. The summed E-state index contributed by atoms with van der Waals surface area (Å²) in [6.45, 7) is -2.92. The quantitative estimate of drug-likeness (QED) is 0.482. The number of ether oxygens (including phenoxy) is 1. The first-order valence-corrected chi connectivity index (χ1v) is 11.0. The lowest BCUT2D eigenvalue weighted by molar-refractivity contribution is -0.135. The summed E-state index contributed by atoms with van der Waals surface area (Å²) in [7, 11) is 0. The van der Waals surface area contributed by atoms with Crippen LogP contribution in [-0.4, -0.2) is 67.6 Å². The average Bonchev–Trinajstić information content (AvgIpc) is 3.34. The molecular weight excluding hydrogens is 479 g/mol. The molecule has 0 spiro atoms. The minimum atomic E-state index is -2.76. The topological polar surface area (TPSA) is 129 Å². The molecule has 0 radical (unpaired) electrons. The van der Waals surface area contributed by atoms with Crippen molar-refractivity contribution in [3.63, 3.8) is 0 Å². The molecule has 2 N–H and O–H groups in total. The van der Waals surface area contributed by atoms with Crippen molar-refractivity contribution in [2.24, 2.45) is 0 Å². The maximum atomic E-state index is 14.7. The van der Waals surface area contributed by atoms with Gasteiger partial charge in [0.05, 0.1) is 36.8 Å². The van der Waals surface area contributed by atoms with Gasteiger partial charge in [-0.3, -0.25) is 4.79 Å². The van der Waals surface area contributed by atoms with Crippen LogP contribution < -0.4 is 10.1 Å². The van der Waals surface area contributed by atoms with Crippen molar-refractivity contribution in [3.8, 4) is 23.2 Å². The summed E-state index contributed by atoms with van der Waals surface area (Å²) in [6.07, 6.45) is 1.74. The first-order chi connectivity index (χ1) is 17.4. The van der Waals surface area contributed by atoms with Crippen molar-refractivity contribution in [1.82, 2.24) is 24.6 Å². The Morgan fingerprint density at radius 2 is 2.19 bits per heavy atom. The van der Waals surface area contributed by atoms with Crippen LogP contribution in [0.15, 0.2) is 42.9 Å². The number of hydrogen-bond donors (Lipinski definition) is 2. The zero-order valence-corrected chi connectivity index (χ0v) is 18.9. The van der Waals surface area contributed by atoms with E-state index >= 15 is 0 Å². The van der Waals surface area contributed by atoms with Gasteiger partial charge in [0.15, 0.2) is 12.0 Å². The van der Waals surface area contributed by atoms with Gasteiger partial charge in [-0.05, 0) is 24.3 Å². The fourth-order valence-corrected chi connectivity index (χ4v) is 3.74. The van der Waals surface area contributed by atoms with Crippen LogP contribution in [0, 0.1) is 11.3 Å². The highest BCUT2D eigenvalue weighted by atomic mass is 19.3. The van der Waals surface area contributed by atoms with E-state index in [9.17, 15) is 23.2 Å². The largest absolute Gasteiger partial charge is 0.486 e. The Balaban J connectivity index is 1.46. The minimum Gasteiger partial charge on any atom is -0.486 e. The number of carbonyl (C=O) groups excluding carboxylic acids is 1. The standard InChI is InChI=1S/C23H22F3N7O3/c24-17-13-32(21(35)5-8-34)7-4-19(17)36-18-2-1-14(9-15(18)10-27)22-28-6-3-20(31-22)30-16-11-29-33(12-16)23(25)26/h1-3,6,9,11-12,17,19,23,34H,4-5,7-8,13H2,(H,28,30,31)/t17-,19+/m1/s1. The first-order valence-electron chi connectivity index (χ1n) is 11.0. The van der Waals surface area contributed by atoms with Gasteiger partial charge in [-0.25, -0.2) is 19.0 Å². The molecule has 13 heteroatoms. The summed E-state index contributed by atoms with van der Waals surface area (Å²) in [6, 6.07) is 8.24.